The molecular formula is C16H24BrFN2. The number of nitrogens with zero attached hydrogens (tertiary/aromatic N) is 1. The molecule has 0 aromatic heterocycles. The van der Waals surface area contributed by atoms with Gasteiger partial charge in [-0.15, -0.1) is 0 Å². The molecule has 1 aromatic carbocycles. The molecule has 0 amide bonds. The molecule has 1 aliphatic heterocycles. The van der Waals surface area contributed by atoms with Gasteiger partial charge in [0.15, 0.2) is 0 Å². The molecule has 1 N–H and O–H groups in total. The first-order chi connectivity index (χ1) is 9.41. The van der Waals surface area contributed by atoms with E-state index in [4.69, 9.17) is 0 Å². The normalized spacial score (nSPS) is 22.9. The summed E-state index contributed by atoms with van der Waals surface area (Å²) in [6, 6.07) is 5.69. The number of halogens is 2. The Morgan fingerprint density at radius 3 is 2.90 bits per heavy atom. The van der Waals surface area contributed by atoms with Crippen LogP contribution >= 0.6 is 15.9 Å². The van der Waals surface area contributed by atoms with E-state index in [0.29, 0.717) is 12.6 Å². The largest absolute Gasteiger partial charge is 0.309 e. The Morgan fingerprint density at radius 2 is 2.20 bits per heavy atom. The van der Waals surface area contributed by atoms with Gasteiger partial charge in [0, 0.05) is 41.3 Å². The van der Waals surface area contributed by atoms with Crippen molar-refractivity contribution in [3.8, 4) is 0 Å². The average Bonchev–Trinajstić information content (AvgIpc) is 2.37. The fourth-order valence-corrected chi connectivity index (χ4v) is 3.31. The number of rotatable bonds is 4. The molecule has 1 unspecified atom stereocenters. The molecule has 20 heavy (non-hydrogen) atoms. The van der Waals surface area contributed by atoms with Crippen LogP contribution in [0.15, 0.2) is 22.7 Å². The molecule has 1 fully saturated rings. The SMILES string of the molecule is CCCC1CNC(C)(C)CN1Cc1cc(Br)ccc1F. The lowest BCUT2D eigenvalue weighted by Crippen LogP contribution is -2.61. The predicted molar refractivity (Wildman–Crippen MR) is 85.3 cm³/mol. The fourth-order valence-electron chi connectivity index (χ4n) is 2.90. The first-order valence-electron chi connectivity index (χ1n) is 7.34. The molecule has 0 spiro atoms. The van der Waals surface area contributed by atoms with Gasteiger partial charge in [-0.1, -0.05) is 29.3 Å². The van der Waals surface area contributed by atoms with Gasteiger partial charge in [0.25, 0.3) is 0 Å². The van der Waals surface area contributed by atoms with E-state index in [-0.39, 0.29) is 11.4 Å². The highest BCUT2D eigenvalue weighted by molar-refractivity contribution is 9.10. The molecule has 4 heteroatoms. The average molecular weight is 343 g/mol. The molecule has 1 heterocycles. The van der Waals surface area contributed by atoms with E-state index in [1.54, 1.807) is 12.1 Å². The van der Waals surface area contributed by atoms with Crippen molar-refractivity contribution in [1.82, 2.24) is 10.2 Å². The second-order valence-corrected chi connectivity index (χ2v) is 7.26. The van der Waals surface area contributed by atoms with Crippen molar-refractivity contribution in [3.05, 3.63) is 34.1 Å². The Labute approximate surface area is 129 Å². The van der Waals surface area contributed by atoms with Crippen LogP contribution < -0.4 is 5.32 Å². The Morgan fingerprint density at radius 1 is 1.45 bits per heavy atom. The molecule has 0 radical (unpaired) electrons. The van der Waals surface area contributed by atoms with E-state index < -0.39 is 0 Å². The van der Waals surface area contributed by atoms with E-state index in [0.717, 1.165) is 36.0 Å². The molecule has 0 saturated carbocycles. The Hall–Kier alpha value is -0.450. The maximum absolute atomic E-state index is 14.0. The standard InChI is InChI=1S/C16H24BrFN2/c1-4-5-14-9-19-16(2,3)11-20(14)10-12-8-13(17)6-7-15(12)18/h6-8,14,19H,4-5,9-11H2,1-3H3. The topological polar surface area (TPSA) is 15.3 Å². The van der Waals surface area contributed by atoms with Gasteiger partial charge < -0.3 is 5.32 Å². The van der Waals surface area contributed by atoms with Gasteiger partial charge in [-0.3, -0.25) is 4.90 Å². The Balaban J connectivity index is 2.16. The quantitative estimate of drug-likeness (QED) is 0.891. The first-order valence-corrected chi connectivity index (χ1v) is 8.13. The van der Waals surface area contributed by atoms with Crippen LogP contribution in [-0.2, 0) is 6.54 Å². The van der Waals surface area contributed by atoms with Crippen molar-refractivity contribution in [2.45, 2.75) is 51.7 Å². The minimum atomic E-state index is -0.111. The number of hydrogen-bond donors (Lipinski definition) is 1. The Bertz CT molecular complexity index is 462. The summed E-state index contributed by atoms with van der Waals surface area (Å²) in [5, 5.41) is 3.59. The smallest absolute Gasteiger partial charge is 0.127 e. The van der Waals surface area contributed by atoms with Crippen LogP contribution in [0.3, 0.4) is 0 Å². The maximum Gasteiger partial charge on any atom is 0.127 e. The van der Waals surface area contributed by atoms with E-state index in [1.165, 1.54) is 0 Å². The molecule has 1 aromatic rings. The van der Waals surface area contributed by atoms with Crippen molar-refractivity contribution in [2.75, 3.05) is 13.1 Å². The summed E-state index contributed by atoms with van der Waals surface area (Å²) in [6.45, 7) is 9.23. The zero-order chi connectivity index (χ0) is 14.8. The molecule has 1 atom stereocenters. The second-order valence-electron chi connectivity index (χ2n) is 6.35. The monoisotopic (exact) mass is 342 g/mol. The molecule has 1 aliphatic rings. The van der Waals surface area contributed by atoms with Crippen LogP contribution in [0.1, 0.15) is 39.2 Å². The van der Waals surface area contributed by atoms with E-state index >= 15 is 0 Å². The summed E-state index contributed by atoms with van der Waals surface area (Å²) in [5.41, 5.74) is 0.866. The molecule has 2 rings (SSSR count). The predicted octanol–water partition coefficient (Wildman–Crippen LogP) is 3.94. The molecular weight excluding hydrogens is 319 g/mol. The minimum absolute atomic E-state index is 0.0900. The van der Waals surface area contributed by atoms with Gasteiger partial charge in [-0.05, 0) is 38.5 Å². The third-order valence-corrected chi connectivity index (χ3v) is 4.43. The maximum atomic E-state index is 14.0. The van der Waals surface area contributed by atoms with Crippen LogP contribution in [0, 0.1) is 5.82 Å². The van der Waals surface area contributed by atoms with Crippen molar-refractivity contribution in [1.29, 1.82) is 0 Å². The first kappa shape index (κ1) is 15.9. The summed E-state index contributed by atoms with van der Waals surface area (Å²) in [5.74, 6) is -0.111. The van der Waals surface area contributed by atoms with E-state index in [2.05, 4.69) is 46.9 Å². The van der Waals surface area contributed by atoms with Gasteiger partial charge in [-0.2, -0.15) is 0 Å². The highest BCUT2D eigenvalue weighted by atomic mass is 79.9. The highest BCUT2D eigenvalue weighted by Crippen LogP contribution is 2.23. The number of hydrogen-bond acceptors (Lipinski definition) is 2. The number of nitrogens with one attached hydrogen (secondary N) is 1. The molecule has 0 aliphatic carbocycles. The summed E-state index contributed by atoms with van der Waals surface area (Å²) in [4.78, 5) is 2.42. The number of benzene rings is 1. The van der Waals surface area contributed by atoms with Crippen molar-refractivity contribution in [3.63, 3.8) is 0 Å². The molecule has 0 bridgehead atoms. The van der Waals surface area contributed by atoms with Crippen LogP contribution in [-0.4, -0.2) is 29.6 Å². The molecule has 1 saturated heterocycles. The lowest BCUT2D eigenvalue weighted by atomic mass is 9.96. The van der Waals surface area contributed by atoms with Gasteiger partial charge in [0.1, 0.15) is 5.82 Å². The van der Waals surface area contributed by atoms with Crippen LogP contribution in [0.25, 0.3) is 0 Å². The lowest BCUT2D eigenvalue weighted by Gasteiger charge is -2.44. The summed E-state index contributed by atoms with van der Waals surface area (Å²) >= 11 is 3.43. The van der Waals surface area contributed by atoms with Crippen LogP contribution in [0.2, 0.25) is 0 Å². The second kappa shape index (κ2) is 6.54. The summed E-state index contributed by atoms with van der Waals surface area (Å²) in [6.07, 6.45) is 2.31. The van der Waals surface area contributed by atoms with Crippen molar-refractivity contribution >= 4 is 15.9 Å². The molecule has 112 valence electrons. The van der Waals surface area contributed by atoms with Gasteiger partial charge >= 0.3 is 0 Å². The van der Waals surface area contributed by atoms with Gasteiger partial charge in [-0.25, -0.2) is 4.39 Å². The minimum Gasteiger partial charge on any atom is -0.309 e. The van der Waals surface area contributed by atoms with Crippen LogP contribution in [0.5, 0.6) is 0 Å². The fraction of sp³-hybridized carbons (Fsp3) is 0.625. The third kappa shape index (κ3) is 4.03. The van der Waals surface area contributed by atoms with Crippen molar-refractivity contribution < 1.29 is 4.39 Å². The third-order valence-electron chi connectivity index (χ3n) is 3.93. The van der Waals surface area contributed by atoms with Gasteiger partial charge in [0.05, 0.1) is 0 Å². The van der Waals surface area contributed by atoms with Crippen LogP contribution in [0.4, 0.5) is 4.39 Å². The summed E-state index contributed by atoms with van der Waals surface area (Å²) < 4.78 is 14.9. The highest BCUT2D eigenvalue weighted by Gasteiger charge is 2.32. The van der Waals surface area contributed by atoms with E-state index in [1.807, 2.05) is 6.07 Å². The van der Waals surface area contributed by atoms with E-state index in [9.17, 15) is 4.39 Å². The molecule has 2 nitrogen and oxygen atoms in total. The summed E-state index contributed by atoms with van der Waals surface area (Å²) in [7, 11) is 0. The number of piperazine rings is 1. The van der Waals surface area contributed by atoms with Gasteiger partial charge in [0.2, 0.25) is 0 Å². The van der Waals surface area contributed by atoms with Crippen molar-refractivity contribution in [2.24, 2.45) is 0 Å². The lowest BCUT2D eigenvalue weighted by molar-refractivity contribution is 0.0816. The zero-order valence-electron chi connectivity index (χ0n) is 12.5. The zero-order valence-corrected chi connectivity index (χ0v) is 14.1. The Kier molecular flexibility index (Phi) is 5.21.